The van der Waals surface area contributed by atoms with Gasteiger partial charge in [-0.2, -0.15) is 0 Å². The number of nitrogens with two attached hydrogens (primary N) is 1. The normalized spacial score (nSPS) is 11.4. The summed E-state index contributed by atoms with van der Waals surface area (Å²) in [4.78, 5) is -0.00258. The van der Waals surface area contributed by atoms with Crippen LogP contribution in [-0.4, -0.2) is 21.7 Å². The maximum absolute atomic E-state index is 11.8. The van der Waals surface area contributed by atoms with Gasteiger partial charge in [-0.15, -0.1) is 0 Å². The zero-order valence-corrected chi connectivity index (χ0v) is 10.7. The molecular formula is C9H11BrFNO3S. The van der Waals surface area contributed by atoms with Crippen LogP contribution in [0.2, 0.25) is 0 Å². The SMILES string of the molecule is NS(=O)(=O)c1ccc(OCCCF)c(Br)c1. The van der Waals surface area contributed by atoms with E-state index in [4.69, 9.17) is 9.88 Å². The molecule has 0 aliphatic heterocycles. The molecule has 4 nitrogen and oxygen atoms in total. The maximum Gasteiger partial charge on any atom is 0.238 e. The highest BCUT2D eigenvalue weighted by atomic mass is 79.9. The summed E-state index contributed by atoms with van der Waals surface area (Å²) in [6, 6.07) is 4.16. The number of ether oxygens (including phenoxy) is 1. The van der Waals surface area contributed by atoms with Crippen molar-refractivity contribution in [3.05, 3.63) is 22.7 Å². The van der Waals surface area contributed by atoms with Gasteiger partial charge in [0.05, 0.1) is 22.6 Å². The Kier molecular flexibility index (Phi) is 4.69. The topological polar surface area (TPSA) is 69.4 Å². The van der Waals surface area contributed by atoms with Crippen molar-refractivity contribution in [2.45, 2.75) is 11.3 Å². The minimum atomic E-state index is -3.71. The van der Waals surface area contributed by atoms with Crippen LogP contribution in [0.15, 0.2) is 27.6 Å². The van der Waals surface area contributed by atoms with Crippen LogP contribution >= 0.6 is 15.9 Å². The fourth-order valence-electron chi connectivity index (χ4n) is 1.01. The molecule has 0 aliphatic carbocycles. The third-order valence-electron chi connectivity index (χ3n) is 1.77. The molecule has 1 rings (SSSR count). The Labute approximate surface area is 102 Å². The Bertz CT molecular complexity index is 464. The Morgan fingerprint density at radius 1 is 1.44 bits per heavy atom. The van der Waals surface area contributed by atoms with E-state index in [1.807, 2.05) is 0 Å². The van der Waals surface area contributed by atoms with Crippen molar-refractivity contribution in [3.63, 3.8) is 0 Å². The summed E-state index contributed by atoms with van der Waals surface area (Å²) in [5.41, 5.74) is 0. The van der Waals surface area contributed by atoms with Crippen molar-refractivity contribution < 1.29 is 17.5 Å². The number of alkyl halides is 1. The molecule has 90 valence electrons. The molecule has 0 atom stereocenters. The Balaban J connectivity index is 2.84. The van der Waals surface area contributed by atoms with Crippen molar-refractivity contribution in [2.75, 3.05) is 13.3 Å². The lowest BCUT2D eigenvalue weighted by Gasteiger charge is -2.08. The predicted octanol–water partition coefficient (Wildman–Crippen LogP) is 1.83. The number of sulfonamides is 1. The monoisotopic (exact) mass is 311 g/mol. The van der Waals surface area contributed by atoms with Gasteiger partial charge in [-0.1, -0.05) is 0 Å². The maximum atomic E-state index is 11.8. The molecule has 0 bridgehead atoms. The second-order valence-electron chi connectivity index (χ2n) is 3.03. The third-order valence-corrected chi connectivity index (χ3v) is 3.30. The molecule has 1 aromatic carbocycles. The van der Waals surface area contributed by atoms with Crippen LogP contribution < -0.4 is 9.88 Å². The number of halogens is 2. The summed E-state index contributed by atoms with van der Waals surface area (Å²) in [6.45, 7) is -0.212. The second-order valence-corrected chi connectivity index (χ2v) is 5.44. The Morgan fingerprint density at radius 2 is 2.12 bits per heavy atom. The number of primary sulfonamides is 1. The van der Waals surface area contributed by atoms with Gasteiger partial charge in [-0.25, -0.2) is 13.6 Å². The smallest absolute Gasteiger partial charge is 0.238 e. The van der Waals surface area contributed by atoms with Gasteiger partial charge in [0.2, 0.25) is 10.0 Å². The number of benzene rings is 1. The quantitative estimate of drug-likeness (QED) is 0.843. The van der Waals surface area contributed by atoms with E-state index in [-0.39, 0.29) is 11.5 Å². The second kappa shape index (κ2) is 5.60. The first-order chi connectivity index (χ1) is 7.45. The lowest BCUT2D eigenvalue weighted by molar-refractivity contribution is 0.288. The average Bonchev–Trinajstić information content (AvgIpc) is 2.19. The standard InChI is InChI=1S/C9H11BrFNO3S/c10-8-6-7(16(12,13)14)2-3-9(8)15-5-1-4-11/h2-3,6H,1,4-5H2,(H2,12,13,14). The molecule has 0 heterocycles. The van der Waals surface area contributed by atoms with Crippen molar-refractivity contribution in [3.8, 4) is 5.75 Å². The highest BCUT2D eigenvalue weighted by molar-refractivity contribution is 9.10. The van der Waals surface area contributed by atoms with Crippen molar-refractivity contribution in [2.24, 2.45) is 5.14 Å². The van der Waals surface area contributed by atoms with Crippen LogP contribution in [0.1, 0.15) is 6.42 Å². The largest absolute Gasteiger partial charge is 0.492 e. The summed E-state index contributed by atoms with van der Waals surface area (Å²) in [5.74, 6) is 0.459. The van der Waals surface area contributed by atoms with Crippen LogP contribution in [-0.2, 0) is 10.0 Å². The molecule has 0 saturated heterocycles. The fourth-order valence-corrected chi connectivity index (χ4v) is 2.20. The van der Waals surface area contributed by atoms with Crippen LogP contribution in [0.3, 0.4) is 0 Å². The average molecular weight is 312 g/mol. The molecule has 2 N–H and O–H groups in total. The molecule has 0 fully saturated rings. The van der Waals surface area contributed by atoms with Crippen LogP contribution in [0, 0.1) is 0 Å². The Morgan fingerprint density at radius 3 is 2.62 bits per heavy atom. The van der Waals surface area contributed by atoms with E-state index in [1.165, 1.54) is 18.2 Å². The summed E-state index contributed by atoms with van der Waals surface area (Å²) >= 11 is 3.15. The molecule has 7 heteroatoms. The van der Waals surface area contributed by atoms with E-state index in [9.17, 15) is 12.8 Å². The molecule has 0 aromatic heterocycles. The van der Waals surface area contributed by atoms with Gasteiger partial charge in [0.25, 0.3) is 0 Å². The number of rotatable bonds is 5. The van der Waals surface area contributed by atoms with E-state index in [1.54, 1.807) is 0 Å². The molecule has 0 amide bonds. The Hall–Kier alpha value is -0.660. The molecule has 0 spiro atoms. The number of hydrogen-bond acceptors (Lipinski definition) is 3. The summed E-state index contributed by atoms with van der Waals surface area (Å²) in [5, 5.41) is 4.96. The van der Waals surface area contributed by atoms with Crippen LogP contribution in [0.25, 0.3) is 0 Å². The zero-order chi connectivity index (χ0) is 12.2. The molecule has 1 aromatic rings. The van der Waals surface area contributed by atoms with E-state index in [2.05, 4.69) is 15.9 Å². The van der Waals surface area contributed by atoms with Gasteiger partial charge < -0.3 is 4.74 Å². The molecule has 16 heavy (non-hydrogen) atoms. The molecule has 0 radical (unpaired) electrons. The van der Waals surface area contributed by atoms with Crippen LogP contribution in [0.5, 0.6) is 5.75 Å². The summed E-state index contributed by atoms with van der Waals surface area (Å²) in [7, 11) is -3.71. The molecule has 0 aliphatic rings. The van der Waals surface area contributed by atoms with Crippen molar-refractivity contribution >= 4 is 26.0 Å². The van der Waals surface area contributed by atoms with Gasteiger partial charge in [0.1, 0.15) is 5.75 Å². The van der Waals surface area contributed by atoms with Gasteiger partial charge in [0.15, 0.2) is 0 Å². The van der Waals surface area contributed by atoms with E-state index < -0.39 is 16.7 Å². The van der Waals surface area contributed by atoms with Gasteiger partial charge in [-0.05, 0) is 34.1 Å². The molecular weight excluding hydrogens is 301 g/mol. The summed E-state index contributed by atoms with van der Waals surface area (Å²) in [6.07, 6.45) is 0.295. The lowest BCUT2D eigenvalue weighted by atomic mass is 10.3. The highest BCUT2D eigenvalue weighted by Gasteiger charge is 2.10. The van der Waals surface area contributed by atoms with Gasteiger partial charge in [-0.3, -0.25) is 4.39 Å². The van der Waals surface area contributed by atoms with Crippen LogP contribution in [0.4, 0.5) is 4.39 Å². The molecule has 0 saturated carbocycles. The van der Waals surface area contributed by atoms with E-state index in [0.29, 0.717) is 16.6 Å². The fraction of sp³-hybridized carbons (Fsp3) is 0.333. The highest BCUT2D eigenvalue weighted by Crippen LogP contribution is 2.27. The predicted molar refractivity (Wildman–Crippen MR) is 61.6 cm³/mol. The lowest BCUT2D eigenvalue weighted by Crippen LogP contribution is -2.12. The molecule has 0 unspecified atom stereocenters. The minimum Gasteiger partial charge on any atom is -0.492 e. The number of hydrogen-bond donors (Lipinski definition) is 1. The van der Waals surface area contributed by atoms with Crippen molar-refractivity contribution in [1.82, 2.24) is 0 Å². The zero-order valence-electron chi connectivity index (χ0n) is 8.32. The van der Waals surface area contributed by atoms with Gasteiger partial charge >= 0.3 is 0 Å². The van der Waals surface area contributed by atoms with Crippen molar-refractivity contribution in [1.29, 1.82) is 0 Å². The summed E-state index contributed by atoms with van der Waals surface area (Å²) < 4.78 is 39.6. The third kappa shape index (κ3) is 3.73. The van der Waals surface area contributed by atoms with E-state index >= 15 is 0 Å². The first kappa shape index (κ1) is 13.4. The van der Waals surface area contributed by atoms with Gasteiger partial charge in [0, 0.05) is 6.42 Å². The first-order valence-corrected chi connectivity index (χ1v) is 6.80. The minimum absolute atomic E-state index is 0.00258. The van der Waals surface area contributed by atoms with E-state index in [0.717, 1.165) is 0 Å². The first-order valence-electron chi connectivity index (χ1n) is 4.46.